The number of hydrogen-bond donors (Lipinski definition) is 1. The van der Waals surface area contributed by atoms with Crippen molar-refractivity contribution >= 4 is 23.2 Å². The molecule has 0 aliphatic rings. The molecule has 1 atom stereocenters. The molecule has 2 heterocycles. The van der Waals surface area contributed by atoms with Crippen molar-refractivity contribution in [1.29, 1.82) is 0 Å². The lowest BCUT2D eigenvalue weighted by atomic mass is 10.2. The maximum atomic E-state index is 13.0. The number of benzene rings is 1. The molecule has 26 heavy (non-hydrogen) atoms. The van der Waals surface area contributed by atoms with Gasteiger partial charge in [-0.05, 0) is 38.5 Å². The van der Waals surface area contributed by atoms with Gasteiger partial charge in [-0.2, -0.15) is 10.2 Å². The molecule has 0 radical (unpaired) electrons. The molecule has 3 aromatic rings. The van der Waals surface area contributed by atoms with Crippen LogP contribution in [0.3, 0.4) is 0 Å². The quantitative estimate of drug-likeness (QED) is 0.738. The van der Waals surface area contributed by atoms with Crippen LogP contribution in [0.25, 0.3) is 0 Å². The molecular formula is C18H19ClFN5O. The summed E-state index contributed by atoms with van der Waals surface area (Å²) in [4.78, 5) is 12.5. The number of aromatic nitrogens is 4. The molecule has 2 aromatic heterocycles. The molecule has 0 saturated carbocycles. The van der Waals surface area contributed by atoms with Crippen LogP contribution >= 0.6 is 11.6 Å². The Hall–Kier alpha value is -2.67. The van der Waals surface area contributed by atoms with Gasteiger partial charge in [0.1, 0.15) is 11.9 Å². The Labute approximate surface area is 155 Å². The fraction of sp³-hybridized carbons (Fsp3) is 0.278. The van der Waals surface area contributed by atoms with E-state index in [9.17, 15) is 9.18 Å². The van der Waals surface area contributed by atoms with Crippen LogP contribution in [0.1, 0.15) is 29.9 Å². The third-order valence-electron chi connectivity index (χ3n) is 4.14. The molecule has 8 heteroatoms. The fourth-order valence-electron chi connectivity index (χ4n) is 2.67. The van der Waals surface area contributed by atoms with Crippen LogP contribution in [0, 0.1) is 19.7 Å². The second-order valence-electron chi connectivity index (χ2n) is 6.15. The molecule has 0 aliphatic carbocycles. The summed E-state index contributed by atoms with van der Waals surface area (Å²) in [6.07, 6.45) is 3.30. The Bertz CT molecular complexity index is 932. The van der Waals surface area contributed by atoms with Gasteiger partial charge in [0.2, 0.25) is 5.91 Å². The standard InChI is InChI=1S/C18H19ClFN5O/c1-11-17(19)12(2)25(23-11)13(3)18(26)22-16-8-21-24(10-16)9-14-4-6-15(20)7-5-14/h4-8,10,13H,9H2,1-3H3,(H,22,26). The highest BCUT2D eigenvalue weighted by Crippen LogP contribution is 2.23. The molecular weight excluding hydrogens is 357 g/mol. The van der Waals surface area contributed by atoms with Crippen LogP contribution in [0.4, 0.5) is 10.1 Å². The van der Waals surface area contributed by atoms with Crippen LogP contribution in [0.2, 0.25) is 5.02 Å². The van der Waals surface area contributed by atoms with Crippen LogP contribution in [0.5, 0.6) is 0 Å². The van der Waals surface area contributed by atoms with E-state index in [-0.39, 0.29) is 11.7 Å². The number of anilines is 1. The van der Waals surface area contributed by atoms with Crippen molar-refractivity contribution in [1.82, 2.24) is 19.6 Å². The lowest BCUT2D eigenvalue weighted by molar-refractivity contribution is -0.119. The predicted octanol–water partition coefficient (Wildman–Crippen LogP) is 3.74. The number of amides is 1. The normalized spacial score (nSPS) is 12.2. The molecule has 3 rings (SSSR count). The van der Waals surface area contributed by atoms with Crippen molar-refractivity contribution in [2.75, 3.05) is 5.32 Å². The SMILES string of the molecule is Cc1nn(C(C)C(=O)Nc2cnn(Cc3ccc(F)cc3)c2)c(C)c1Cl. The van der Waals surface area contributed by atoms with E-state index in [1.54, 1.807) is 47.7 Å². The summed E-state index contributed by atoms with van der Waals surface area (Å²) < 4.78 is 16.2. The first kappa shape index (κ1) is 18.1. The number of hydrogen-bond acceptors (Lipinski definition) is 3. The zero-order valence-electron chi connectivity index (χ0n) is 14.7. The minimum Gasteiger partial charge on any atom is -0.322 e. The first-order chi connectivity index (χ1) is 12.3. The third kappa shape index (κ3) is 3.77. The molecule has 0 saturated heterocycles. The maximum absolute atomic E-state index is 13.0. The van der Waals surface area contributed by atoms with Crippen molar-refractivity contribution in [3.8, 4) is 0 Å². The average Bonchev–Trinajstić information content (AvgIpc) is 3.15. The van der Waals surface area contributed by atoms with E-state index in [0.717, 1.165) is 11.3 Å². The molecule has 1 amide bonds. The molecule has 0 bridgehead atoms. The van der Waals surface area contributed by atoms with Crippen molar-refractivity contribution in [3.05, 3.63) is 64.5 Å². The van der Waals surface area contributed by atoms with Gasteiger partial charge < -0.3 is 5.32 Å². The number of nitrogens with zero attached hydrogens (tertiary/aromatic N) is 4. The van der Waals surface area contributed by atoms with Gasteiger partial charge in [0.25, 0.3) is 0 Å². The van der Waals surface area contributed by atoms with E-state index in [1.165, 1.54) is 12.1 Å². The highest BCUT2D eigenvalue weighted by atomic mass is 35.5. The highest BCUT2D eigenvalue weighted by Gasteiger charge is 2.21. The number of nitrogens with one attached hydrogen (secondary N) is 1. The molecule has 136 valence electrons. The minimum absolute atomic E-state index is 0.214. The second kappa shape index (κ2) is 7.29. The number of carbonyl (C=O) groups is 1. The first-order valence-electron chi connectivity index (χ1n) is 8.14. The van der Waals surface area contributed by atoms with Gasteiger partial charge in [0.05, 0.1) is 34.8 Å². The second-order valence-corrected chi connectivity index (χ2v) is 6.53. The summed E-state index contributed by atoms with van der Waals surface area (Å²) in [5.41, 5.74) is 2.93. The zero-order valence-corrected chi connectivity index (χ0v) is 15.5. The van der Waals surface area contributed by atoms with Gasteiger partial charge in [-0.25, -0.2) is 4.39 Å². The lowest BCUT2D eigenvalue weighted by Gasteiger charge is -2.13. The third-order valence-corrected chi connectivity index (χ3v) is 4.69. The van der Waals surface area contributed by atoms with Crippen molar-refractivity contribution in [3.63, 3.8) is 0 Å². The van der Waals surface area contributed by atoms with E-state index < -0.39 is 6.04 Å². The molecule has 1 aromatic carbocycles. The number of aryl methyl sites for hydroxylation is 1. The van der Waals surface area contributed by atoms with Gasteiger partial charge in [-0.1, -0.05) is 23.7 Å². The minimum atomic E-state index is -0.512. The van der Waals surface area contributed by atoms with Gasteiger partial charge in [0.15, 0.2) is 0 Å². The van der Waals surface area contributed by atoms with Crippen molar-refractivity contribution < 1.29 is 9.18 Å². The zero-order chi connectivity index (χ0) is 18.8. The summed E-state index contributed by atoms with van der Waals surface area (Å²) in [6.45, 7) is 5.87. The lowest BCUT2D eigenvalue weighted by Crippen LogP contribution is -2.25. The summed E-state index contributed by atoms with van der Waals surface area (Å²) in [6, 6.07) is 5.70. The molecule has 1 N–H and O–H groups in total. The Morgan fingerprint density at radius 3 is 2.62 bits per heavy atom. The van der Waals surface area contributed by atoms with Gasteiger partial charge in [-0.3, -0.25) is 14.2 Å². The summed E-state index contributed by atoms with van der Waals surface area (Å²) in [7, 11) is 0. The monoisotopic (exact) mass is 375 g/mol. The Kier molecular flexibility index (Phi) is 5.08. The van der Waals surface area contributed by atoms with Crippen LogP contribution in [0.15, 0.2) is 36.7 Å². The Balaban J connectivity index is 1.67. The molecule has 0 aliphatic heterocycles. The summed E-state index contributed by atoms with van der Waals surface area (Å²) in [5.74, 6) is -0.492. The smallest absolute Gasteiger partial charge is 0.249 e. The maximum Gasteiger partial charge on any atom is 0.249 e. The highest BCUT2D eigenvalue weighted by molar-refractivity contribution is 6.31. The van der Waals surface area contributed by atoms with E-state index in [1.807, 2.05) is 6.92 Å². The topological polar surface area (TPSA) is 64.7 Å². The average molecular weight is 376 g/mol. The van der Waals surface area contributed by atoms with E-state index in [0.29, 0.717) is 22.9 Å². The first-order valence-corrected chi connectivity index (χ1v) is 8.52. The van der Waals surface area contributed by atoms with E-state index in [2.05, 4.69) is 15.5 Å². The van der Waals surface area contributed by atoms with Crippen molar-refractivity contribution in [2.24, 2.45) is 0 Å². The Morgan fingerprint density at radius 2 is 2.00 bits per heavy atom. The van der Waals surface area contributed by atoms with Gasteiger partial charge in [0, 0.05) is 6.20 Å². The fourth-order valence-corrected chi connectivity index (χ4v) is 2.79. The molecule has 1 unspecified atom stereocenters. The van der Waals surface area contributed by atoms with E-state index in [4.69, 9.17) is 11.6 Å². The van der Waals surface area contributed by atoms with Crippen LogP contribution in [-0.4, -0.2) is 25.5 Å². The van der Waals surface area contributed by atoms with Crippen molar-refractivity contribution in [2.45, 2.75) is 33.4 Å². The number of rotatable bonds is 5. The van der Waals surface area contributed by atoms with Gasteiger partial charge in [-0.15, -0.1) is 0 Å². The number of carbonyl (C=O) groups excluding carboxylic acids is 1. The molecule has 0 fully saturated rings. The van der Waals surface area contributed by atoms with Crippen LogP contribution < -0.4 is 5.32 Å². The molecule has 0 spiro atoms. The van der Waals surface area contributed by atoms with Gasteiger partial charge >= 0.3 is 0 Å². The van der Waals surface area contributed by atoms with E-state index >= 15 is 0 Å². The molecule has 6 nitrogen and oxygen atoms in total. The summed E-state index contributed by atoms with van der Waals surface area (Å²) in [5, 5.41) is 11.9. The Morgan fingerprint density at radius 1 is 1.31 bits per heavy atom. The predicted molar refractivity (Wildman–Crippen MR) is 97.8 cm³/mol. The summed E-state index contributed by atoms with van der Waals surface area (Å²) >= 11 is 6.15. The number of halogens is 2. The van der Waals surface area contributed by atoms with Crippen LogP contribution in [-0.2, 0) is 11.3 Å². The largest absolute Gasteiger partial charge is 0.322 e.